The maximum atomic E-state index is 12.4. The fourth-order valence-corrected chi connectivity index (χ4v) is 11.7. The van der Waals surface area contributed by atoms with Gasteiger partial charge in [0.1, 0.15) is 6.61 Å². The summed E-state index contributed by atoms with van der Waals surface area (Å²) in [6.45, 7) is 4.23. The molecule has 0 bridgehead atoms. The van der Waals surface area contributed by atoms with E-state index < -0.39 is 6.10 Å². The minimum absolute atomic E-state index is 0.0552. The fraction of sp³-hybridized carbons (Fsp3) is 0.972. The van der Waals surface area contributed by atoms with Crippen molar-refractivity contribution in [3.63, 3.8) is 0 Å². The highest BCUT2D eigenvalue weighted by atomic mass is 16.6. The second kappa shape index (κ2) is 69.2. The van der Waals surface area contributed by atoms with Crippen molar-refractivity contribution in [3.05, 3.63) is 0 Å². The molecular weight excluding hydrogens is 945 g/mol. The van der Waals surface area contributed by atoms with Crippen LogP contribution in [0.2, 0.25) is 0 Å². The Kier molecular flexibility index (Phi) is 68.2. The summed E-state index contributed by atoms with van der Waals surface area (Å²) < 4.78 is 10.8. The van der Waals surface area contributed by atoms with E-state index >= 15 is 0 Å². The van der Waals surface area contributed by atoms with E-state index in [1.807, 2.05) is 0 Å². The lowest BCUT2D eigenvalue weighted by Gasteiger charge is -2.15. The van der Waals surface area contributed by atoms with Crippen molar-refractivity contribution in [2.45, 2.75) is 437 Å². The van der Waals surface area contributed by atoms with Gasteiger partial charge in [-0.15, -0.1) is 0 Å². The largest absolute Gasteiger partial charge is 0.462 e. The minimum Gasteiger partial charge on any atom is -0.462 e. The summed E-state index contributed by atoms with van der Waals surface area (Å²) in [5.74, 6) is -0.558. The normalized spacial score (nSPS) is 12.0. The molecule has 0 aromatic heterocycles. The number of ether oxygens (including phenoxy) is 2. The average Bonchev–Trinajstić information content (AvgIpc) is 3.43. The number of aliphatic hydroxyl groups is 1. The van der Waals surface area contributed by atoms with Gasteiger partial charge in [0.05, 0.1) is 6.61 Å². The third-order valence-electron chi connectivity index (χ3n) is 17.2. The lowest BCUT2D eigenvalue weighted by atomic mass is 10.0. The van der Waals surface area contributed by atoms with E-state index in [0.717, 1.165) is 32.1 Å². The van der Waals surface area contributed by atoms with Gasteiger partial charge in [0.15, 0.2) is 6.10 Å². The number of esters is 2. The molecule has 5 heteroatoms. The lowest BCUT2D eigenvalue weighted by molar-refractivity contribution is -0.161. The summed E-state index contributed by atoms with van der Waals surface area (Å²) in [7, 11) is 0. The van der Waals surface area contributed by atoms with E-state index in [2.05, 4.69) is 13.8 Å². The molecule has 0 heterocycles. The summed E-state index contributed by atoms with van der Waals surface area (Å²) in [5, 5.41) is 9.70. The predicted molar refractivity (Wildman–Crippen MR) is 339 cm³/mol. The summed E-state index contributed by atoms with van der Waals surface area (Å²) in [4.78, 5) is 24.7. The van der Waals surface area contributed by atoms with Crippen molar-refractivity contribution in [3.8, 4) is 0 Å². The highest BCUT2D eigenvalue weighted by Gasteiger charge is 2.16. The molecule has 5 nitrogen and oxygen atoms in total. The van der Waals surface area contributed by atoms with Crippen molar-refractivity contribution in [1.82, 2.24) is 0 Å². The number of carbonyl (C=O) groups excluding carboxylic acids is 2. The molecule has 0 aromatic carbocycles. The van der Waals surface area contributed by atoms with E-state index in [9.17, 15) is 14.7 Å². The van der Waals surface area contributed by atoms with Gasteiger partial charge in [-0.25, -0.2) is 0 Å². The van der Waals surface area contributed by atoms with Crippen LogP contribution in [0.15, 0.2) is 0 Å². The highest BCUT2D eigenvalue weighted by Crippen LogP contribution is 2.20. The average molecular weight is 1090 g/mol. The number of hydrogen-bond acceptors (Lipinski definition) is 5. The molecule has 0 saturated heterocycles. The third kappa shape index (κ3) is 67.3. The summed E-state index contributed by atoms with van der Waals surface area (Å²) in [6.07, 6.45) is 87.4. The Morgan fingerprint density at radius 3 is 0.571 bits per heavy atom. The van der Waals surface area contributed by atoms with Crippen LogP contribution in [-0.2, 0) is 19.1 Å². The molecule has 0 aliphatic rings. The minimum atomic E-state index is -0.766. The molecule has 1 atom stereocenters. The first-order valence-electron chi connectivity index (χ1n) is 36.1. The highest BCUT2D eigenvalue weighted by molar-refractivity contribution is 5.70. The molecule has 0 amide bonds. The van der Waals surface area contributed by atoms with Crippen molar-refractivity contribution in [2.75, 3.05) is 13.2 Å². The van der Waals surface area contributed by atoms with Gasteiger partial charge in [0, 0.05) is 12.8 Å². The molecule has 460 valence electrons. The third-order valence-corrected chi connectivity index (χ3v) is 17.2. The first-order valence-corrected chi connectivity index (χ1v) is 36.1. The molecule has 0 radical (unpaired) electrons. The molecule has 0 saturated carbocycles. The van der Waals surface area contributed by atoms with Gasteiger partial charge in [-0.2, -0.15) is 0 Å². The van der Waals surface area contributed by atoms with Gasteiger partial charge in [-0.3, -0.25) is 9.59 Å². The van der Waals surface area contributed by atoms with Crippen molar-refractivity contribution in [2.24, 2.45) is 0 Å². The molecule has 0 rings (SSSR count). The second-order valence-electron chi connectivity index (χ2n) is 25.0. The molecule has 1 N–H and O–H groups in total. The first-order chi connectivity index (χ1) is 38.1. The molecule has 1 unspecified atom stereocenters. The summed E-state index contributed by atoms with van der Waals surface area (Å²) >= 11 is 0. The van der Waals surface area contributed by atoms with Crippen LogP contribution < -0.4 is 0 Å². The maximum absolute atomic E-state index is 12.4. The zero-order chi connectivity index (χ0) is 55.5. The number of aliphatic hydroxyl groups excluding tert-OH is 1. The Morgan fingerprint density at radius 2 is 0.403 bits per heavy atom. The second-order valence-corrected chi connectivity index (χ2v) is 25.0. The van der Waals surface area contributed by atoms with Crippen molar-refractivity contribution < 1.29 is 24.2 Å². The number of carbonyl (C=O) groups is 2. The van der Waals surface area contributed by atoms with Gasteiger partial charge < -0.3 is 14.6 Å². The Bertz CT molecular complexity index is 1090. The van der Waals surface area contributed by atoms with Crippen LogP contribution in [0.1, 0.15) is 431 Å². The first kappa shape index (κ1) is 75.9. The van der Waals surface area contributed by atoms with Crippen molar-refractivity contribution in [1.29, 1.82) is 0 Å². The van der Waals surface area contributed by atoms with Crippen LogP contribution in [0.4, 0.5) is 0 Å². The standard InChI is InChI=1S/C72H142O5/c1-3-5-7-9-11-13-15-17-19-21-23-25-27-29-31-33-34-35-36-37-38-39-41-43-45-47-49-51-53-55-57-59-61-63-65-67-72(75)77-70(68-73)69-76-71(74)66-64-62-60-58-56-54-52-50-48-46-44-42-40-32-30-28-26-24-22-20-18-16-14-12-10-8-6-4-2/h70,73H,3-69H2,1-2H3. The van der Waals surface area contributed by atoms with Crippen LogP contribution in [0.25, 0.3) is 0 Å². The molecule has 0 spiro atoms. The molecule has 77 heavy (non-hydrogen) atoms. The number of hydrogen-bond donors (Lipinski definition) is 1. The fourth-order valence-electron chi connectivity index (χ4n) is 11.7. The van der Waals surface area contributed by atoms with Gasteiger partial charge in [-0.05, 0) is 12.8 Å². The number of rotatable bonds is 69. The van der Waals surface area contributed by atoms with Crippen LogP contribution in [-0.4, -0.2) is 36.4 Å². The Hall–Kier alpha value is -1.10. The van der Waals surface area contributed by atoms with E-state index in [4.69, 9.17) is 9.47 Å². The summed E-state index contributed by atoms with van der Waals surface area (Å²) in [5.41, 5.74) is 0. The maximum Gasteiger partial charge on any atom is 0.306 e. The van der Waals surface area contributed by atoms with Crippen LogP contribution in [0, 0.1) is 0 Å². The SMILES string of the molecule is CCCCCCCCCCCCCCCCCCCCCCCCCCCCCCCCCCCCCC(=O)OC(CO)COC(=O)CCCCCCCCCCCCCCCCCCCCCCCCCCCCCC. The quantitative estimate of drug-likeness (QED) is 0.0485. The van der Waals surface area contributed by atoms with Gasteiger partial charge in [0.25, 0.3) is 0 Å². The predicted octanol–water partition coefficient (Wildman–Crippen LogP) is 24.8. The van der Waals surface area contributed by atoms with E-state index in [-0.39, 0.29) is 25.2 Å². The van der Waals surface area contributed by atoms with Gasteiger partial charge in [-0.1, -0.05) is 406 Å². The zero-order valence-electron chi connectivity index (χ0n) is 53.0. The van der Waals surface area contributed by atoms with Crippen LogP contribution in [0.3, 0.4) is 0 Å². The van der Waals surface area contributed by atoms with Crippen LogP contribution in [0.5, 0.6) is 0 Å². The summed E-state index contributed by atoms with van der Waals surface area (Å²) in [6, 6.07) is 0. The van der Waals surface area contributed by atoms with Crippen molar-refractivity contribution >= 4 is 11.9 Å². The Labute approximate surface area is 484 Å². The molecular formula is C72H142O5. The Morgan fingerprint density at radius 1 is 0.247 bits per heavy atom. The van der Waals surface area contributed by atoms with Gasteiger partial charge >= 0.3 is 11.9 Å². The Balaban J connectivity index is 3.34. The number of unbranched alkanes of at least 4 members (excludes halogenated alkanes) is 61. The smallest absolute Gasteiger partial charge is 0.306 e. The molecule has 0 aliphatic carbocycles. The van der Waals surface area contributed by atoms with Gasteiger partial charge in [0.2, 0.25) is 0 Å². The molecule has 0 fully saturated rings. The van der Waals surface area contributed by atoms with E-state index in [1.54, 1.807) is 0 Å². The van der Waals surface area contributed by atoms with Crippen LogP contribution >= 0.6 is 0 Å². The molecule has 0 aliphatic heterocycles. The van der Waals surface area contributed by atoms with E-state index in [0.29, 0.717) is 12.8 Å². The van der Waals surface area contributed by atoms with E-state index in [1.165, 1.54) is 372 Å². The molecule has 0 aromatic rings. The lowest BCUT2D eigenvalue weighted by Crippen LogP contribution is -2.28. The zero-order valence-corrected chi connectivity index (χ0v) is 53.0. The monoisotopic (exact) mass is 1090 g/mol. The topological polar surface area (TPSA) is 72.8 Å².